The zero-order valence-electron chi connectivity index (χ0n) is 12.7. The van der Waals surface area contributed by atoms with Gasteiger partial charge in [-0.25, -0.2) is 0 Å². The third-order valence-electron chi connectivity index (χ3n) is 3.83. The molecule has 106 valence electrons. The number of rotatable bonds is 5. The number of unbranched alkanes of at least 4 members (excludes halogenated alkanes) is 3. The molecule has 1 rings (SSSR count). The minimum Gasteiger partial charge on any atom is -0.340 e. The summed E-state index contributed by atoms with van der Waals surface area (Å²) >= 11 is 0. The SMILES string of the molecule is CCCCCCC(=O)N1CCN(C(C)(C)C)CC1. The molecule has 0 radical (unpaired) electrons. The molecule has 0 aromatic heterocycles. The Bertz CT molecular complexity index is 250. The Kier molecular flexibility index (Phi) is 6.13. The van der Waals surface area contributed by atoms with Crippen LogP contribution in [0.2, 0.25) is 0 Å². The van der Waals surface area contributed by atoms with E-state index in [1.54, 1.807) is 0 Å². The fourth-order valence-electron chi connectivity index (χ4n) is 2.49. The molecule has 1 fully saturated rings. The summed E-state index contributed by atoms with van der Waals surface area (Å²) in [7, 11) is 0. The van der Waals surface area contributed by atoms with E-state index >= 15 is 0 Å². The highest BCUT2D eigenvalue weighted by Crippen LogP contribution is 2.16. The maximum Gasteiger partial charge on any atom is 0.222 e. The average molecular weight is 254 g/mol. The third kappa shape index (κ3) is 4.97. The number of nitrogens with zero attached hydrogens (tertiary/aromatic N) is 2. The first kappa shape index (κ1) is 15.5. The number of hydrogen-bond acceptors (Lipinski definition) is 2. The summed E-state index contributed by atoms with van der Waals surface area (Å²) < 4.78 is 0. The molecule has 0 spiro atoms. The van der Waals surface area contributed by atoms with E-state index in [9.17, 15) is 4.79 Å². The molecular formula is C15H30N2O. The fraction of sp³-hybridized carbons (Fsp3) is 0.933. The molecule has 1 saturated heterocycles. The second kappa shape index (κ2) is 7.13. The van der Waals surface area contributed by atoms with Gasteiger partial charge in [-0.15, -0.1) is 0 Å². The van der Waals surface area contributed by atoms with Gasteiger partial charge in [0.05, 0.1) is 0 Å². The van der Waals surface area contributed by atoms with Crippen molar-refractivity contribution in [3.05, 3.63) is 0 Å². The molecule has 0 saturated carbocycles. The van der Waals surface area contributed by atoms with E-state index in [-0.39, 0.29) is 5.54 Å². The van der Waals surface area contributed by atoms with E-state index in [2.05, 4.69) is 32.6 Å². The molecule has 0 bridgehead atoms. The first-order chi connectivity index (χ1) is 8.45. The van der Waals surface area contributed by atoms with Gasteiger partial charge in [0.2, 0.25) is 5.91 Å². The topological polar surface area (TPSA) is 23.6 Å². The van der Waals surface area contributed by atoms with Gasteiger partial charge >= 0.3 is 0 Å². The van der Waals surface area contributed by atoms with Crippen molar-refractivity contribution in [3.8, 4) is 0 Å². The predicted octanol–water partition coefficient (Wildman–Crippen LogP) is 2.90. The molecule has 1 amide bonds. The van der Waals surface area contributed by atoms with Gasteiger partial charge in [0, 0.05) is 38.1 Å². The van der Waals surface area contributed by atoms with E-state index in [4.69, 9.17) is 0 Å². The summed E-state index contributed by atoms with van der Waals surface area (Å²) in [6, 6.07) is 0. The largest absolute Gasteiger partial charge is 0.340 e. The lowest BCUT2D eigenvalue weighted by atomic mass is 10.0. The minimum atomic E-state index is 0.232. The Morgan fingerprint density at radius 3 is 2.11 bits per heavy atom. The van der Waals surface area contributed by atoms with Crippen molar-refractivity contribution < 1.29 is 4.79 Å². The lowest BCUT2D eigenvalue weighted by Gasteiger charge is -2.42. The number of carbonyl (C=O) groups excluding carboxylic acids is 1. The summed E-state index contributed by atoms with van der Waals surface area (Å²) in [4.78, 5) is 16.5. The Hall–Kier alpha value is -0.570. The number of carbonyl (C=O) groups is 1. The zero-order chi connectivity index (χ0) is 13.6. The molecule has 1 aliphatic heterocycles. The first-order valence-electron chi connectivity index (χ1n) is 7.48. The van der Waals surface area contributed by atoms with Crippen LogP contribution in [0.4, 0.5) is 0 Å². The smallest absolute Gasteiger partial charge is 0.222 e. The van der Waals surface area contributed by atoms with Gasteiger partial charge < -0.3 is 4.90 Å². The predicted molar refractivity (Wildman–Crippen MR) is 76.7 cm³/mol. The second-order valence-electron chi connectivity index (χ2n) is 6.35. The third-order valence-corrected chi connectivity index (χ3v) is 3.83. The van der Waals surface area contributed by atoms with Crippen molar-refractivity contribution in [2.45, 2.75) is 65.3 Å². The highest BCUT2D eigenvalue weighted by atomic mass is 16.2. The number of piperazine rings is 1. The van der Waals surface area contributed by atoms with Crippen molar-refractivity contribution in [3.63, 3.8) is 0 Å². The quantitative estimate of drug-likeness (QED) is 0.704. The molecule has 0 aromatic rings. The Morgan fingerprint density at radius 1 is 1.00 bits per heavy atom. The van der Waals surface area contributed by atoms with Crippen molar-refractivity contribution >= 4 is 5.91 Å². The van der Waals surface area contributed by atoms with Gasteiger partial charge in [-0.3, -0.25) is 9.69 Å². The van der Waals surface area contributed by atoms with Crippen molar-refractivity contribution in [2.75, 3.05) is 26.2 Å². The van der Waals surface area contributed by atoms with Gasteiger partial charge in [-0.1, -0.05) is 26.2 Å². The van der Waals surface area contributed by atoms with Gasteiger partial charge in [0.1, 0.15) is 0 Å². The van der Waals surface area contributed by atoms with Crippen LogP contribution in [-0.2, 0) is 4.79 Å². The number of amides is 1. The van der Waals surface area contributed by atoms with Crippen LogP contribution in [0, 0.1) is 0 Å². The summed E-state index contributed by atoms with van der Waals surface area (Å²) in [5.41, 5.74) is 0.232. The fourth-order valence-corrected chi connectivity index (χ4v) is 2.49. The maximum absolute atomic E-state index is 12.0. The van der Waals surface area contributed by atoms with Crippen LogP contribution >= 0.6 is 0 Å². The van der Waals surface area contributed by atoms with E-state index in [1.165, 1.54) is 19.3 Å². The molecule has 0 atom stereocenters. The van der Waals surface area contributed by atoms with Crippen molar-refractivity contribution in [1.82, 2.24) is 9.80 Å². The van der Waals surface area contributed by atoms with Gasteiger partial charge in [-0.2, -0.15) is 0 Å². The van der Waals surface area contributed by atoms with Gasteiger partial charge in [-0.05, 0) is 27.2 Å². The molecule has 3 heteroatoms. The average Bonchev–Trinajstić information content (AvgIpc) is 2.33. The van der Waals surface area contributed by atoms with Crippen LogP contribution < -0.4 is 0 Å². The van der Waals surface area contributed by atoms with Crippen LogP contribution in [0.15, 0.2) is 0 Å². The number of hydrogen-bond donors (Lipinski definition) is 0. The van der Waals surface area contributed by atoms with Crippen LogP contribution in [-0.4, -0.2) is 47.4 Å². The van der Waals surface area contributed by atoms with E-state index in [0.717, 1.165) is 39.0 Å². The molecule has 0 unspecified atom stereocenters. The summed E-state index contributed by atoms with van der Waals surface area (Å²) in [5.74, 6) is 0.361. The highest BCUT2D eigenvalue weighted by molar-refractivity contribution is 5.76. The zero-order valence-corrected chi connectivity index (χ0v) is 12.7. The minimum absolute atomic E-state index is 0.232. The van der Waals surface area contributed by atoms with Crippen molar-refractivity contribution in [1.29, 1.82) is 0 Å². The molecule has 0 N–H and O–H groups in total. The molecule has 18 heavy (non-hydrogen) atoms. The maximum atomic E-state index is 12.0. The van der Waals surface area contributed by atoms with E-state index in [1.807, 2.05) is 4.90 Å². The van der Waals surface area contributed by atoms with Gasteiger partial charge in [0.25, 0.3) is 0 Å². The molecule has 0 aliphatic carbocycles. The van der Waals surface area contributed by atoms with Crippen LogP contribution in [0.5, 0.6) is 0 Å². The molecular weight excluding hydrogens is 224 g/mol. The lowest BCUT2D eigenvalue weighted by molar-refractivity contribution is -0.133. The Labute approximate surface area is 113 Å². The molecule has 0 aromatic carbocycles. The highest BCUT2D eigenvalue weighted by Gasteiger charge is 2.27. The normalized spacial score (nSPS) is 18.1. The monoisotopic (exact) mass is 254 g/mol. The van der Waals surface area contributed by atoms with Crippen molar-refractivity contribution in [2.24, 2.45) is 0 Å². The van der Waals surface area contributed by atoms with E-state index < -0.39 is 0 Å². The Balaban J connectivity index is 2.23. The summed E-state index contributed by atoms with van der Waals surface area (Å²) in [6.45, 7) is 12.8. The standard InChI is InChI=1S/C15H30N2O/c1-5-6-7-8-9-14(18)16-10-12-17(13-11-16)15(2,3)4/h5-13H2,1-4H3. The van der Waals surface area contributed by atoms with Crippen LogP contribution in [0.1, 0.15) is 59.8 Å². The van der Waals surface area contributed by atoms with Gasteiger partial charge in [0.15, 0.2) is 0 Å². The first-order valence-corrected chi connectivity index (χ1v) is 7.48. The molecule has 1 aliphatic rings. The second-order valence-corrected chi connectivity index (χ2v) is 6.35. The van der Waals surface area contributed by atoms with E-state index in [0.29, 0.717) is 5.91 Å². The summed E-state index contributed by atoms with van der Waals surface area (Å²) in [5, 5.41) is 0. The lowest BCUT2D eigenvalue weighted by Crippen LogP contribution is -2.54. The van der Waals surface area contributed by atoms with Crippen LogP contribution in [0.25, 0.3) is 0 Å². The molecule has 1 heterocycles. The summed E-state index contributed by atoms with van der Waals surface area (Å²) in [6.07, 6.45) is 5.50. The Morgan fingerprint density at radius 2 is 1.61 bits per heavy atom. The van der Waals surface area contributed by atoms with Crippen LogP contribution in [0.3, 0.4) is 0 Å². The molecule has 3 nitrogen and oxygen atoms in total.